The van der Waals surface area contributed by atoms with Crippen molar-refractivity contribution in [3.05, 3.63) is 69.2 Å². The predicted molar refractivity (Wildman–Crippen MR) is 153 cm³/mol. The van der Waals surface area contributed by atoms with Crippen LogP contribution < -0.4 is 20.1 Å². The Morgan fingerprint density at radius 1 is 1.05 bits per heavy atom. The van der Waals surface area contributed by atoms with Gasteiger partial charge in [0, 0.05) is 28.6 Å². The van der Waals surface area contributed by atoms with Crippen molar-refractivity contribution in [2.45, 2.75) is 25.4 Å². The van der Waals surface area contributed by atoms with Crippen LogP contribution >= 0.6 is 27.3 Å². The van der Waals surface area contributed by atoms with Crippen LogP contribution in [0.5, 0.6) is 11.5 Å². The van der Waals surface area contributed by atoms with Gasteiger partial charge in [-0.05, 0) is 41.4 Å². The number of thiazole rings is 1. The lowest BCUT2D eigenvalue weighted by Crippen LogP contribution is -2.62. The van der Waals surface area contributed by atoms with E-state index in [9.17, 15) is 9.59 Å². The summed E-state index contributed by atoms with van der Waals surface area (Å²) in [4.78, 5) is 31.2. The van der Waals surface area contributed by atoms with Crippen LogP contribution in [0.15, 0.2) is 63.6 Å². The Labute approximate surface area is 239 Å². The lowest BCUT2D eigenvalue weighted by atomic mass is 9.71. The van der Waals surface area contributed by atoms with Gasteiger partial charge in [0.05, 0.1) is 44.2 Å². The molecule has 4 rings (SSSR count). The summed E-state index contributed by atoms with van der Waals surface area (Å²) in [7, 11) is 5.84. The SMILES string of the molecule is COC(=O)C1=C(C)NC(C)(Nc2nc(-c3cc(Br)c(OC)cc3OC)cs2)C(C(=O)OC)C1c1ccccc1. The average Bonchev–Trinajstić information content (AvgIpc) is 3.39. The van der Waals surface area contributed by atoms with Crippen molar-refractivity contribution < 1.29 is 28.5 Å². The van der Waals surface area contributed by atoms with Gasteiger partial charge >= 0.3 is 11.9 Å². The number of halogens is 1. The Balaban J connectivity index is 1.79. The van der Waals surface area contributed by atoms with Crippen LogP contribution in [0.1, 0.15) is 25.3 Å². The second-order valence-corrected chi connectivity index (χ2v) is 10.8. The average molecular weight is 617 g/mol. The van der Waals surface area contributed by atoms with E-state index in [0.29, 0.717) is 33.6 Å². The standard InChI is InChI=1S/C28H30BrN3O6S/c1-15-22(25(33)37-5)23(16-10-8-7-9-11-16)24(26(34)38-6)28(2,31-15)32-27-30-19(14-39-27)17-12-18(29)21(36-4)13-20(17)35-3/h7-14,23-24,31H,1-6H3,(H,30,32). The van der Waals surface area contributed by atoms with Crippen molar-refractivity contribution >= 4 is 44.3 Å². The zero-order valence-electron chi connectivity index (χ0n) is 22.5. The number of rotatable bonds is 8. The molecule has 1 aliphatic heterocycles. The molecule has 0 amide bonds. The van der Waals surface area contributed by atoms with Crippen molar-refractivity contribution in [3.63, 3.8) is 0 Å². The monoisotopic (exact) mass is 615 g/mol. The van der Waals surface area contributed by atoms with Crippen LogP contribution in [0.3, 0.4) is 0 Å². The van der Waals surface area contributed by atoms with Gasteiger partial charge in [-0.1, -0.05) is 30.3 Å². The molecule has 2 aromatic carbocycles. The lowest BCUT2D eigenvalue weighted by Gasteiger charge is -2.46. The fourth-order valence-corrected chi connectivity index (χ4v) is 6.35. The molecule has 2 heterocycles. The summed E-state index contributed by atoms with van der Waals surface area (Å²) < 4.78 is 22.1. The first-order chi connectivity index (χ1) is 18.7. The molecule has 0 bridgehead atoms. The van der Waals surface area contributed by atoms with Gasteiger partial charge in [-0.25, -0.2) is 9.78 Å². The second kappa shape index (κ2) is 11.7. The van der Waals surface area contributed by atoms with Gasteiger partial charge in [-0.3, -0.25) is 4.79 Å². The van der Waals surface area contributed by atoms with Gasteiger partial charge < -0.3 is 29.6 Å². The molecule has 0 spiro atoms. The van der Waals surface area contributed by atoms with Crippen LogP contribution in [0, 0.1) is 5.92 Å². The summed E-state index contributed by atoms with van der Waals surface area (Å²) in [5, 5.41) is 9.24. The highest BCUT2D eigenvalue weighted by molar-refractivity contribution is 9.10. The summed E-state index contributed by atoms with van der Waals surface area (Å²) >= 11 is 4.91. The molecular weight excluding hydrogens is 586 g/mol. The number of ether oxygens (including phenoxy) is 4. The first kappa shape index (κ1) is 28.4. The number of nitrogens with one attached hydrogen (secondary N) is 2. The number of hydrogen-bond acceptors (Lipinski definition) is 10. The first-order valence-corrected chi connectivity index (χ1v) is 13.7. The van der Waals surface area contributed by atoms with Gasteiger partial charge in [0.2, 0.25) is 0 Å². The van der Waals surface area contributed by atoms with Gasteiger partial charge in [-0.15, -0.1) is 11.3 Å². The summed E-state index contributed by atoms with van der Waals surface area (Å²) in [6, 6.07) is 13.1. The van der Waals surface area contributed by atoms with Crippen molar-refractivity contribution in [1.82, 2.24) is 10.3 Å². The maximum atomic E-state index is 13.4. The molecule has 0 saturated heterocycles. The van der Waals surface area contributed by atoms with E-state index in [4.69, 9.17) is 23.9 Å². The summed E-state index contributed by atoms with van der Waals surface area (Å²) in [6.07, 6.45) is 0. The van der Waals surface area contributed by atoms with E-state index in [-0.39, 0.29) is 0 Å². The second-order valence-electron chi connectivity index (χ2n) is 9.10. The van der Waals surface area contributed by atoms with E-state index < -0.39 is 29.4 Å². The molecule has 206 valence electrons. The Bertz CT molecular complexity index is 1410. The molecule has 1 aromatic heterocycles. The third kappa shape index (κ3) is 5.46. The van der Waals surface area contributed by atoms with E-state index in [1.807, 2.05) is 48.7 Å². The van der Waals surface area contributed by atoms with Gasteiger partial charge in [0.1, 0.15) is 23.1 Å². The number of nitrogens with zero attached hydrogens (tertiary/aromatic N) is 1. The predicted octanol–water partition coefficient (Wildman–Crippen LogP) is 5.34. The fourth-order valence-electron chi connectivity index (χ4n) is 5.02. The highest BCUT2D eigenvalue weighted by Gasteiger charge is 2.52. The maximum Gasteiger partial charge on any atom is 0.336 e. The van der Waals surface area contributed by atoms with Crippen molar-refractivity contribution in [2.24, 2.45) is 5.92 Å². The third-order valence-corrected chi connectivity index (χ3v) is 8.13. The minimum absolute atomic E-state index is 0.367. The number of aromatic nitrogens is 1. The van der Waals surface area contributed by atoms with Crippen LogP contribution in [-0.4, -0.2) is 51.0 Å². The van der Waals surface area contributed by atoms with E-state index in [0.717, 1.165) is 15.6 Å². The molecule has 9 nitrogen and oxygen atoms in total. The van der Waals surface area contributed by atoms with Crippen molar-refractivity contribution in [2.75, 3.05) is 33.8 Å². The number of allylic oxidation sites excluding steroid dienone is 1. The van der Waals surface area contributed by atoms with Gasteiger partial charge in [-0.2, -0.15) is 0 Å². The highest BCUT2D eigenvalue weighted by Crippen LogP contribution is 2.45. The molecule has 0 radical (unpaired) electrons. The van der Waals surface area contributed by atoms with E-state index >= 15 is 0 Å². The van der Waals surface area contributed by atoms with E-state index in [1.54, 1.807) is 27.2 Å². The van der Waals surface area contributed by atoms with Crippen LogP contribution in [-0.2, 0) is 19.1 Å². The van der Waals surface area contributed by atoms with Crippen molar-refractivity contribution in [1.29, 1.82) is 0 Å². The number of benzene rings is 2. The topological polar surface area (TPSA) is 108 Å². The molecule has 0 fully saturated rings. The summed E-state index contributed by atoms with van der Waals surface area (Å²) in [6.45, 7) is 3.65. The first-order valence-electron chi connectivity index (χ1n) is 12.0. The Hall–Kier alpha value is -3.57. The van der Waals surface area contributed by atoms with Crippen molar-refractivity contribution in [3.8, 4) is 22.8 Å². The minimum Gasteiger partial charge on any atom is -0.496 e. The smallest absolute Gasteiger partial charge is 0.336 e. The van der Waals surface area contributed by atoms with Gasteiger partial charge in [0.25, 0.3) is 0 Å². The number of carbonyl (C=O) groups is 2. The van der Waals surface area contributed by atoms with Gasteiger partial charge in [0.15, 0.2) is 5.13 Å². The minimum atomic E-state index is -1.07. The number of methoxy groups -OCH3 is 4. The molecule has 3 aromatic rings. The number of esters is 2. The fraction of sp³-hybridized carbons (Fsp3) is 0.321. The van der Waals surface area contributed by atoms with E-state index in [2.05, 4.69) is 26.6 Å². The molecular formula is C28H30BrN3O6S. The molecule has 0 aliphatic carbocycles. The molecule has 39 heavy (non-hydrogen) atoms. The Morgan fingerprint density at radius 3 is 2.36 bits per heavy atom. The molecule has 3 unspecified atom stereocenters. The molecule has 2 N–H and O–H groups in total. The van der Waals surface area contributed by atoms with E-state index in [1.165, 1.54) is 25.6 Å². The molecule has 0 saturated carbocycles. The zero-order chi connectivity index (χ0) is 28.3. The highest BCUT2D eigenvalue weighted by atomic mass is 79.9. The van der Waals surface area contributed by atoms with Crippen LogP contribution in [0.4, 0.5) is 5.13 Å². The van der Waals surface area contributed by atoms with Crippen LogP contribution in [0.2, 0.25) is 0 Å². The maximum absolute atomic E-state index is 13.4. The normalized spacial score (nSPS) is 20.6. The zero-order valence-corrected chi connectivity index (χ0v) is 24.9. The lowest BCUT2D eigenvalue weighted by molar-refractivity contribution is -0.149. The number of hydrogen-bond donors (Lipinski definition) is 2. The Morgan fingerprint density at radius 2 is 1.74 bits per heavy atom. The molecule has 11 heteroatoms. The number of anilines is 1. The quantitative estimate of drug-likeness (QED) is 0.324. The van der Waals surface area contributed by atoms with Crippen LogP contribution in [0.25, 0.3) is 11.3 Å². The Kier molecular flexibility index (Phi) is 8.51. The summed E-state index contributed by atoms with van der Waals surface area (Å²) in [5.74, 6) is -1.25. The number of carbonyl (C=O) groups excluding carboxylic acids is 2. The summed E-state index contributed by atoms with van der Waals surface area (Å²) in [5.41, 5.74) is 2.12. The molecule has 3 atom stereocenters. The largest absolute Gasteiger partial charge is 0.496 e. The molecule has 1 aliphatic rings. The third-order valence-electron chi connectivity index (χ3n) is 6.76.